The van der Waals surface area contributed by atoms with Crippen LogP contribution in [0.5, 0.6) is 0 Å². The largest absolute Gasteiger partial charge is 0.349 e. The minimum Gasteiger partial charge on any atom is -0.349 e. The summed E-state index contributed by atoms with van der Waals surface area (Å²) in [6.45, 7) is 1.89. The number of nitrogens with one attached hydrogen (secondary N) is 2. The Kier molecular flexibility index (Phi) is 5.34. The summed E-state index contributed by atoms with van der Waals surface area (Å²) in [4.78, 5) is 28.7. The van der Waals surface area contributed by atoms with E-state index in [2.05, 4.69) is 15.6 Å². The van der Waals surface area contributed by atoms with Crippen LogP contribution in [-0.2, 0) is 0 Å². The van der Waals surface area contributed by atoms with Crippen molar-refractivity contribution in [2.24, 2.45) is 0 Å². The van der Waals surface area contributed by atoms with Gasteiger partial charge in [-0.3, -0.25) is 14.6 Å². The average molecular weight is 358 g/mol. The Hall–Kier alpha value is -2.40. The number of carbonyl (C=O) groups is 2. The summed E-state index contributed by atoms with van der Waals surface area (Å²) in [5.41, 5.74) is 2.26. The van der Waals surface area contributed by atoms with Crippen molar-refractivity contribution in [3.63, 3.8) is 0 Å². The lowest BCUT2D eigenvalue weighted by atomic mass is 10.1. The highest BCUT2D eigenvalue weighted by molar-refractivity contribution is 6.31. The van der Waals surface area contributed by atoms with Crippen molar-refractivity contribution < 1.29 is 9.59 Å². The van der Waals surface area contributed by atoms with E-state index in [0.29, 0.717) is 21.8 Å². The molecule has 0 aliphatic heterocycles. The van der Waals surface area contributed by atoms with Crippen LogP contribution in [-0.4, -0.2) is 22.8 Å². The number of aryl methyl sites for hydroxylation is 1. The lowest BCUT2D eigenvalue weighted by molar-refractivity contribution is 0.0937. The summed E-state index contributed by atoms with van der Waals surface area (Å²) in [5, 5.41) is 6.35. The van der Waals surface area contributed by atoms with Gasteiger partial charge in [0.25, 0.3) is 11.8 Å². The lowest BCUT2D eigenvalue weighted by Crippen LogP contribution is -2.32. The van der Waals surface area contributed by atoms with E-state index in [1.807, 2.05) is 13.0 Å². The lowest BCUT2D eigenvalue weighted by Gasteiger charge is -2.12. The Balaban J connectivity index is 1.70. The van der Waals surface area contributed by atoms with Gasteiger partial charge in [0.15, 0.2) is 0 Å². The van der Waals surface area contributed by atoms with Gasteiger partial charge < -0.3 is 10.6 Å². The maximum absolute atomic E-state index is 12.4. The van der Waals surface area contributed by atoms with E-state index in [4.69, 9.17) is 11.6 Å². The number of carbonyl (C=O) groups excluding carboxylic acids is 2. The normalized spacial score (nSPS) is 14.3. The first-order valence-corrected chi connectivity index (χ1v) is 8.74. The van der Waals surface area contributed by atoms with E-state index in [1.165, 1.54) is 12.4 Å². The second-order valence-corrected chi connectivity index (χ2v) is 6.74. The van der Waals surface area contributed by atoms with Crippen molar-refractivity contribution in [2.45, 2.75) is 38.6 Å². The van der Waals surface area contributed by atoms with E-state index in [9.17, 15) is 9.59 Å². The highest BCUT2D eigenvalue weighted by atomic mass is 35.5. The summed E-state index contributed by atoms with van der Waals surface area (Å²) in [7, 11) is 0. The molecule has 130 valence electrons. The van der Waals surface area contributed by atoms with Crippen molar-refractivity contribution in [1.29, 1.82) is 0 Å². The minimum atomic E-state index is -0.331. The summed E-state index contributed by atoms with van der Waals surface area (Å²) in [6, 6.07) is 7.09. The van der Waals surface area contributed by atoms with Gasteiger partial charge in [-0.2, -0.15) is 0 Å². The fourth-order valence-electron chi connectivity index (χ4n) is 2.90. The Labute approximate surface area is 151 Å². The smallest absolute Gasteiger partial charge is 0.257 e. The van der Waals surface area contributed by atoms with E-state index in [0.717, 1.165) is 31.2 Å². The van der Waals surface area contributed by atoms with Crippen LogP contribution in [0.25, 0.3) is 0 Å². The van der Waals surface area contributed by atoms with E-state index < -0.39 is 0 Å². The van der Waals surface area contributed by atoms with Crippen LogP contribution in [0.15, 0.2) is 36.7 Å². The Morgan fingerprint density at radius 2 is 1.76 bits per heavy atom. The van der Waals surface area contributed by atoms with Crippen molar-refractivity contribution in [1.82, 2.24) is 10.3 Å². The van der Waals surface area contributed by atoms with Gasteiger partial charge in [-0.05, 0) is 43.5 Å². The first kappa shape index (κ1) is 17.4. The Bertz CT molecular complexity index is 801. The van der Waals surface area contributed by atoms with Crippen LogP contribution in [0.3, 0.4) is 0 Å². The molecule has 1 heterocycles. The Morgan fingerprint density at radius 3 is 2.44 bits per heavy atom. The average Bonchev–Trinajstić information content (AvgIpc) is 3.11. The molecule has 0 bridgehead atoms. The number of halogens is 1. The fourth-order valence-corrected chi connectivity index (χ4v) is 3.08. The third kappa shape index (κ3) is 4.37. The molecule has 25 heavy (non-hydrogen) atoms. The maximum atomic E-state index is 12.4. The van der Waals surface area contributed by atoms with Crippen LogP contribution in [0.2, 0.25) is 5.02 Å². The number of amides is 2. The Morgan fingerprint density at radius 1 is 1.08 bits per heavy atom. The third-order valence-electron chi connectivity index (χ3n) is 4.38. The van der Waals surface area contributed by atoms with Crippen molar-refractivity contribution in [3.8, 4) is 0 Å². The molecule has 1 aromatic heterocycles. The fraction of sp³-hybridized carbons (Fsp3) is 0.316. The second kappa shape index (κ2) is 7.66. The second-order valence-electron chi connectivity index (χ2n) is 6.34. The van der Waals surface area contributed by atoms with Crippen molar-refractivity contribution in [3.05, 3.63) is 58.4 Å². The molecule has 1 aromatic carbocycles. The van der Waals surface area contributed by atoms with Crippen molar-refractivity contribution >= 4 is 29.1 Å². The topological polar surface area (TPSA) is 71.1 Å². The SMILES string of the molecule is Cc1ccc(NC(=O)c2cncc(C(=O)NC3CCCC3)c2)cc1Cl. The minimum absolute atomic E-state index is 0.188. The number of hydrogen-bond donors (Lipinski definition) is 2. The first-order valence-electron chi connectivity index (χ1n) is 8.36. The van der Waals surface area contributed by atoms with Crippen molar-refractivity contribution in [2.75, 3.05) is 5.32 Å². The molecule has 0 unspecified atom stereocenters. The summed E-state index contributed by atoms with van der Waals surface area (Å²) in [5.74, 6) is -0.518. The van der Waals surface area contributed by atoms with Gasteiger partial charge >= 0.3 is 0 Å². The molecule has 2 amide bonds. The highest BCUT2D eigenvalue weighted by Crippen LogP contribution is 2.21. The predicted molar refractivity (Wildman–Crippen MR) is 98.1 cm³/mol. The number of pyridine rings is 1. The molecule has 3 rings (SSSR count). The molecule has 5 nitrogen and oxygen atoms in total. The number of rotatable bonds is 4. The number of anilines is 1. The van der Waals surface area contributed by atoms with E-state index >= 15 is 0 Å². The van der Waals surface area contributed by atoms with Gasteiger partial charge in [0.05, 0.1) is 11.1 Å². The molecule has 1 aliphatic rings. The maximum Gasteiger partial charge on any atom is 0.257 e. The van der Waals surface area contributed by atoms with Crippen LogP contribution >= 0.6 is 11.6 Å². The number of nitrogens with zero attached hydrogens (tertiary/aromatic N) is 1. The first-order chi connectivity index (χ1) is 12.0. The number of hydrogen-bond acceptors (Lipinski definition) is 3. The standard InChI is InChI=1S/C19H20ClN3O2/c1-12-6-7-16(9-17(12)20)23-19(25)14-8-13(10-21-11-14)18(24)22-15-4-2-3-5-15/h6-11,15H,2-5H2,1H3,(H,22,24)(H,23,25). The number of aromatic nitrogens is 1. The monoisotopic (exact) mass is 357 g/mol. The molecular weight excluding hydrogens is 338 g/mol. The predicted octanol–water partition coefficient (Wildman–Crippen LogP) is 3.97. The molecule has 0 radical (unpaired) electrons. The molecule has 0 atom stereocenters. The molecule has 2 N–H and O–H groups in total. The van der Waals surface area contributed by atoms with Gasteiger partial charge in [0.1, 0.15) is 0 Å². The molecular formula is C19H20ClN3O2. The third-order valence-corrected chi connectivity index (χ3v) is 4.79. The van der Waals surface area contributed by atoms with E-state index in [-0.39, 0.29) is 17.9 Å². The summed E-state index contributed by atoms with van der Waals surface area (Å²) in [6.07, 6.45) is 7.22. The van der Waals surface area contributed by atoms with Crippen LogP contribution in [0.4, 0.5) is 5.69 Å². The molecule has 1 aliphatic carbocycles. The quantitative estimate of drug-likeness (QED) is 0.869. The van der Waals surface area contributed by atoms with E-state index in [1.54, 1.807) is 18.2 Å². The highest BCUT2D eigenvalue weighted by Gasteiger charge is 2.19. The molecule has 2 aromatic rings. The van der Waals surface area contributed by atoms with Crippen LogP contribution < -0.4 is 10.6 Å². The van der Waals surface area contributed by atoms with Crippen LogP contribution in [0, 0.1) is 6.92 Å². The zero-order valence-corrected chi connectivity index (χ0v) is 14.8. The van der Waals surface area contributed by atoms with Gasteiger partial charge in [-0.15, -0.1) is 0 Å². The summed E-state index contributed by atoms with van der Waals surface area (Å²) >= 11 is 6.07. The van der Waals surface area contributed by atoms with Gasteiger partial charge in [-0.25, -0.2) is 0 Å². The number of benzene rings is 1. The molecule has 0 saturated heterocycles. The zero-order chi connectivity index (χ0) is 17.8. The van der Waals surface area contributed by atoms with Crippen LogP contribution in [0.1, 0.15) is 52.0 Å². The molecule has 6 heteroatoms. The van der Waals surface area contributed by atoms with Gasteiger partial charge in [0.2, 0.25) is 0 Å². The summed E-state index contributed by atoms with van der Waals surface area (Å²) < 4.78 is 0. The molecule has 1 fully saturated rings. The van der Waals surface area contributed by atoms with Gasteiger partial charge in [-0.1, -0.05) is 30.5 Å². The zero-order valence-electron chi connectivity index (χ0n) is 14.0. The molecule has 1 saturated carbocycles. The van der Waals surface area contributed by atoms with Gasteiger partial charge in [0, 0.05) is 29.1 Å². The molecule has 0 spiro atoms.